The normalized spacial score (nSPS) is 11.7. The maximum atomic E-state index is 13.8. The molecule has 0 fully saturated rings. The Balaban J connectivity index is 0.766. The molecule has 626 valence electrons. The standard InChI is InChI=1S/C92H102N12O16/c105-89(97-37-49-113-57-53-109-45-33-93-61-73-5-1-41-117-73)69-17-9-65(10-18-69)85-77-25-27-79(101-77)86(66-11-19-70(20-12-66)90(106)98-38-50-114-58-54-110-46-34-94-62-74-6-2-42-118-74)81-29-31-83(103-81)88(68-15-23-72(24-16-68)92(108)100-40-52-116-60-56-112-48-36-96-64-76-8-4-44-120-76)84-32-30-82(104-84)87(80-28-26-78(85)102-80)67-13-21-71(22-14-67)91(107)99-39-51-115-59-55-111-47-35-95-63-75-7-3-43-119-75/h1-32,41-44,93-96,101,104H,33-40,45-64H2,(H,97,105)(H,98,106)(H,99,107)(H,100,108). The molecular formula is C92H102N12O16. The molecule has 13 rings (SSSR count). The molecule has 4 aromatic carbocycles. The second-order valence-corrected chi connectivity index (χ2v) is 27.8. The van der Waals surface area contributed by atoms with Crippen molar-refractivity contribution in [1.82, 2.24) is 62.5 Å². The number of nitrogens with zero attached hydrogens (tertiary/aromatic N) is 2. The summed E-state index contributed by atoms with van der Waals surface area (Å²) in [5, 5.41) is 25.1. The summed E-state index contributed by atoms with van der Waals surface area (Å²) in [5.41, 5.74) is 13.1. The molecule has 2 aliphatic heterocycles. The number of benzene rings is 4. The predicted octanol–water partition coefficient (Wildman–Crippen LogP) is 11.9. The average molecular weight is 1630 g/mol. The van der Waals surface area contributed by atoms with E-state index in [0.717, 1.165) is 67.5 Å². The van der Waals surface area contributed by atoms with E-state index in [0.29, 0.717) is 225 Å². The Morgan fingerprint density at radius 1 is 0.258 bits per heavy atom. The van der Waals surface area contributed by atoms with Crippen molar-refractivity contribution in [1.29, 1.82) is 0 Å². The van der Waals surface area contributed by atoms with Crippen LogP contribution in [0.25, 0.3) is 90.9 Å². The quantitative estimate of drug-likeness (QED) is 0.0158. The summed E-state index contributed by atoms with van der Waals surface area (Å²) in [7, 11) is 0. The Morgan fingerprint density at radius 2 is 0.467 bits per heavy atom. The lowest BCUT2D eigenvalue weighted by Crippen LogP contribution is -2.27. The Labute approximate surface area is 695 Å². The summed E-state index contributed by atoms with van der Waals surface area (Å²) in [6, 6.07) is 52.8. The van der Waals surface area contributed by atoms with Crippen LogP contribution in [0.1, 0.15) is 87.2 Å². The van der Waals surface area contributed by atoms with Gasteiger partial charge in [0.2, 0.25) is 0 Å². The van der Waals surface area contributed by atoms with Gasteiger partial charge in [-0.1, -0.05) is 48.5 Å². The number of aromatic amines is 2. The van der Waals surface area contributed by atoms with Gasteiger partial charge in [-0.2, -0.15) is 0 Å². The number of aromatic nitrogens is 4. The van der Waals surface area contributed by atoms with Crippen molar-refractivity contribution in [2.75, 3.05) is 158 Å². The van der Waals surface area contributed by atoms with E-state index in [2.05, 4.69) is 52.5 Å². The molecule has 0 unspecified atom stereocenters. The predicted molar refractivity (Wildman–Crippen MR) is 458 cm³/mol. The van der Waals surface area contributed by atoms with E-state index in [1.54, 1.807) is 73.6 Å². The van der Waals surface area contributed by atoms with Crippen molar-refractivity contribution in [3.05, 3.63) is 263 Å². The van der Waals surface area contributed by atoms with Gasteiger partial charge < -0.3 is 108 Å². The third-order valence-corrected chi connectivity index (χ3v) is 19.3. The molecule has 9 heterocycles. The fraction of sp³-hybridized carbons (Fsp3) is 0.304. The van der Waals surface area contributed by atoms with Crippen LogP contribution in [0.15, 0.2) is 213 Å². The summed E-state index contributed by atoms with van der Waals surface area (Å²) in [6.07, 6.45) is 14.5. The molecular weight excluding hydrogens is 1530 g/mol. The molecule has 10 N–H and O–H groups in total. The minimum absolute atomic E-state index is 0.264. The lowest BCUT2D eigenvalue weighted by molar-refractivity contribution is 0.0491. The fourth-order valence-corrected chi connectivity index (χ4v) is 13.3. The second-order valence-electron chi connectivity index (χ2n) is 27.8. The first-order valence-corrected chi connectivity index (χ1v) is 40.5. The lowest BCUT2D eigenvalue weighted by Gasteiger charge is -2.10. The van der Waals surface area contributed by atoms with E-state index in [1.807, 2.05) is 146 Å². The number of carbonyl (C=O) groups is 4. The third kappa shape index (κ3) is 26.0. The van der Waals surface area contributed by atoms with Gasteiger partial charge >= 0.3 is 0 Å². The molecule has 0 aliphatic carbocycles. The molecule has 8 bridgehead atoms. The zero-order valence-corrected chi connectivity index (χ0v) is 67.0. The van der Waals surface area contributed by atoms with E-state index in [9.17, 15) is 19.2 Å². The number of hydrogen-bond acceptors (Lipinski definition) is 22. The van der Waals surface area contributed by atoms with E-state index in [4.69, 9.17) is 65.5 Å². The zero-order valence-electron chi connectivity index (χ0n) is 67.0. The molecule has 2 aliphatic rings. The maximum absolute atomic E-state index is 13.8. The van der Waals surface area contributed by atoms with Crippen LogP contribution in [-0.4, -0.2) is 202 Å². The highest BCUT2D eigenvalue weighted by Crippen LogP contribution is 2.39. The summed E-state index contributed by atoms with van der Waals surface area (Å²) < 4.78 is 67.5. The number of hydrogen-bond donors (Lipinski definition) is 10. The van der Waals surface area contributed by atoms with Gasteiger partial charge in [-0.3, -0.25) is 19.2 Å². The molecule has 0 saturated carbocycles. The minimum atomic E-state index is -0.264. The lowest BCUT2D eigenvalue weighted by atomic mass is 10.0. The Bertz CT molecular complexity index is 4570. The van der Waals surface area contributed by atoms with Crippen molar-refractivity contribution < 1.29 is 74.7 Å². The highest BCUT2D eigenvalue weighted by Gasteiger charge is 2.22. The summed E-state index contributed by atoms with van der Waals surface area (Å²) in [5.74, 6) is 2.38. The molecule has 11 aromatic rings. The SMILES string of the molecule is O=C(NCCOCCOCCNCc1ccco1)c1ccc(-c2c3nc(c(-c4ccc(C(=O)NCCOCCOCCNCc5ccco5)cc4)c4ccc([nH]4)c(-c4ccc(C(=O)NCCOCCOCCNCc5ccco5)cc4)c4nc(c(-c5ccc(C(=O)NCCOCCOCCNCc6ccco6)cc5)c5ccc2[nH]5)C=C4)C=C3)cc1. The van der Waals surface area contributed by atoms with Crippen LogP contribution in [0.3, 0.4) is 0 Å². The summed E-state index contributed by atoms with van der Waals surface area (Å²) >= 11 is 0. The van der Waals surface area contributed by atoms with Gasteiger partial charge in [-0.25, -0.2) is 9.97 Å². The molecule has 0 saturated heterocycles. The highest BCUT2D eigenvalue weighted by molar-refractivity contribution is 6.03. The monoisotopic (exact) mass is 1630 g/mol. The number of H-pyrrole nitrogens is 2. The molecule has 4 amide bonds. The Kier molecular flexibility index (Phi) is 33.6. The smallest absolute Gasteiger partial charge is 0.251 e. The van der Waals surface area contributed by atoms with Crippen LogP contribution in [0, 0.1) is 0 Å². The van der Waals surface area contributed by atoms with Crippen molar-refractivity contribution in [3.63, 3.8) is 0 Å². The number of fused-ring (bicyclic) bond motifs is 8. The zero-order chi connectivity index (χ0) is 82.4. The first-order chi connectivity index (χ1) is 59.2. The molecule has 7 aromatic heterocycles. The van der Waals surface area contributed by atoms with Crippen LogP contribution < -0.4 is 42.5 Å². The largest absolute Gasteiger partial charge is 0.468 e. The van der Waals surface area contributed by atoms with Crippen LogP contribution in [0.5, 0.6) is 0 Å². The molecule has 0 spiro atoms. The van der Waals surface area contributed by atoms with E-state index >= 15 is 0 Å². The van der Waals surface area contributed by atoms with E-state index in [-0.39, 0.29) is 49.8 Å². The van der Waals surface area contributed by atoms with Crippen LogP contribution >= 0.6 is 0 Å². The van der Waals surface area contributed by atoms with Gasteiger partial charge in [0.1, 0.15) is 23.0 Å². The highest BCUT2D eigenvalue weighted by atomic mass is 16.5. The summed E-state index contributed by atoms with van der Waals surface area (Å²) in [4.78, 5) is 73.7. The van der Waals surface area contributed by atoms with Gasteiger partial charge in [0.15, 0.2) is 0 Å². The number of carbonyl (C=O) groups excluding carboxylic acids is 4. The van der Waals surface area contributed by atoms with Gasteiger partial charge in [-0.05, 0) is 168 Å². The number of amides is 4. The minimum Gasteiger partial charge on any atom is -0.468 e. The first-order valence-electron chi connectivity index (χ1n) is 40.5. The van der Waals surface area contributed by atoms with Crippen LogP contribution in [0.4, 0.5) is 0 Å². The second kappa shape index (κ2) is 47.0. The van der Waals surface area contributed by atoms with Gasteiger partial charge in [0, 0.05) is 119 Å². The van der Waals surface area contributed by atoms with E-state index in [1.165, 1.54) is 0 Å². The number of ether oxygens (including phenoxy) is 8. The van der Waals surface area contributed by atoms with Gasteiger partial charge in [-0.15, -0.1) is 0 Å². The van der Waals surface area contributed by atoms with E-state index < -0.39 is 0 Å². The van der Waals surface area contributed by atoms with Crippen molar-refractivity contribution in [2.45, 2.75) is 26.2 Å². The third-order valence-electron chi connectivity index (χ3n) is 19.3. The number of nitrogens with one attached hydrogen (secondary N) is 10. The van der Waals surface area contributed by atoms with Crippen molar-refractivity contribution in [3.8, 4) is 44.5 Å². The first kappa shape index (κ1) is 85.9. The van der Waals surface area contributed by atoms with Crippen molar-refractivity contribution >= 4 is 70.0 Å². The topological polar surface area (TPSA) is 348 Å². The molecule has 0 atom stereocenters. The number of furan rings is 4. The Morgan fingerprint density at radius 3 is 0.667 bits per heavy atom. The van der Waals surface area contributed by atoms with Crippen molar-refractivity contribution in [2.24, 2.45) is 0 Å². The average Bonchev–Trinajstić information content (AvgIpc) is 1.61. The van der Waals surface area contributed by atoms with Crippen LogP contribution in [0.2, 0.25) is 0 Å². The molecule has 0 radical (unpaired) electrons. The molecule has 120 heavy (non-hydrogen) atoms. The maximum Gasteiger partial charge on any atom is 0.251 e. The molecule has 28 nitrogen and oxygen atoms in total. The molecule has 28 heteroatoms. The fourth-order valence-electron chi connectivity index (χ4n) is 13.3. The van der Waals surface area contributed by atoms with Crippen LogP contribution in [-0.2, 0) is 64.1 Å². The Hall–Kier alpha value is -12.0. The summed E-state index contributed by atoms with van der Waals surface area (Å²) in [6.45, 7) is 12.7. The number of rotatable bonds is 52. The van der Waals surface area contributed by atoms with Gasteiger partial charge in [0.25, 0.3) is 23.6 Å². The van der Waals surface area contributed by atoms with Gasteiger partial charge in [0.05, 0.1) is 180 Å².